The zero-order valence-corrected chi connectivity index (χ0v) is 14.4. The Kier molecular flexibility index (Phi) is 5.43. The van der Waals surface area contributed by atoms with Gasteiger partial charge in [0.25, 0.3) is 0 Å². The van der Waals surface area contributed by atoms with Gasteiger partial charge in [-0.2, -0.15) is 0 Å². The van der Waals surface area contributed by atoms with Crippen LogP contribution in [0.2, 0.25) is 0 Å². The lowest BCUT2D eigenvalue weighted by Crippen LogP contribution is -1.88. The topological polar surface area (TPSA) is 21.6 Å². The molecule has 0 aliphatic carbocycles. The fourth-order valence-corrected chi connectivity index (χ4v) is 2.81. The van der Waals surface area contributed by atoms with Gasteiger partial charge in [0.2, 0.25) is 0 Å². The van der Waals surface area contributed by atoms with E-state index in [4.69, 9.17) is 4.74 Å². The summed E-state index contributed by atoms with van der Waals surface area (Å²) >= 11 is 0. The summed E-state index contributed by atoms with van der Waals surface area (Å²) in [6.45, 7) is 3.72. The summed E-state index contributed by atoms with van der Waals surface area (Å²) in [5.41, 5.74) is 5.42. The summed E-state index contributed by atoms with van der Waals surface area (Å²) in [6.07, 6.45) is 2.95. The molecule has 0 saturated carbocycles. The molecular formula is C23H21NO. The quantitative estimate of drug-likeness (QED) is 0.536. The largest absolute Gasteiger partial charge is 0.496 e. The molecule has 0 fully saturated rings. The molecule has 3 aromatic rings. The number of ether oxygens (including phenoxy) is 1. The van der Waals surface area contributed by atoms with E-state index in [-0.39, 0.29) is 0 Å². The van der Waals surface area contributed by atoms with Crippen LogP contribution < -0.4 is 4.74 Å². The molecule has 3 rings (SSSR count). The third-order valence-electron chi connectivity index (χ3n) is 4.14. The first-order valence-electron chi connectivity index (χ1n) is 8.26. The minimum Gasteiger partial charge on any atom is -0.496 e. The van der Waals surface area contributed by atoms with Gasteiger partial charge in [-0.25, -0.2) is 0 Å². The SMILES string of the molecule is C=N/C(=C\Cc1ccccc1)c1ccc(-c2ccccc2OC)cc1. The Morgan fingerprint density at radius 1 is 0.920 bits per heavy atom. The number of para-hydroxylation sites is 1. The van der Waals surface area contributed by atoms with E-state index in [1.54, 1.807) is 7.11 Å². The van der Waals surface area contributed by atoms with Crippen molar-refractivity contribution < 1.29 is 4.74 Å². The Bertz CT molecular complexity index is 864. The van der Waals surface area contributed by atoms with E-state index < -0.39 is 0 Å². The lowest BCUT2D eigenvalue weighted by molar-refractivity contribution is 0.416. The van der Waals surface area contributed by atoms with Gasteiger partial charge in [0, 0.05) is 5.56 Å². The standard InChI is InChI=1S/C23H21NO/c1-24-22(17-12-18-8-4-3-5-9-18)20-15-13-19(14-16-20)21-10-6-7-11-23(21)25-2/h3-11,13-17H,1,12H2,2H3/b22-17-. The molecule has 0 aliphatic rings. The molecule has 0 saturated heterocycles. The van der Waals surface area contributed by atoms with Gasteiger partial charge in [-0.1, -0.05) is 78.9 Å². The number of hydrogen-bond acceptors (Lipinski definition) is 2. The fraction of sp³-hybridized carbons (Fsp3) is 0.0870. The second-order valence-corrected chi connectivity index (χ2v) is 5.71. The molecular weight excluding hydrogens is 306 g/mol. The second-order valence-electron chi connectivity index (χ2n) is 5.71. The predicted octanol–water partition coefficient (Wildman–Crippen LogP) is 5.65. The van der Waals surface area contributed by atoms with Gasteiger partial charge in [0.1, 0.15) is 5.75 Å². The molecule has 0 spiro atoms. The maximum atomic E-state index is 5.45. The fourth-order valence-electron chi connectivity index (χ4n) is 2.81. The van der Waals surface area contributed by atoms with Crippen molar-refractivity contribution >= 4 is 12.4 Å². The van der Waals surface area contributed by atoms with Crippen LogP contribution in [0.25, 0.3) is 16.8 Å². The van der Waals surface area contributed by atoms with E-state index in [1.165, 1.54) is 5.56 Å². The molecule has 0 N–H and O–H groups in total. The number of allylic oxidation sites excluding steroid dienone is 1. The molecule has 3 aromatic carbocycles. The van der Waals surface area contributed by atoms with E-state index in [0.29, 0.717) is 0 Å². The van der Waals surface area contributed by atoms with Crippen LogP contribution in [0.4, 0.5) is 0 Å². The number of rotatable bonds is 6. The second kappa shape index (κ2) is 8.11. The van der Waals surface area contributed by atoms with Crippen molar-refractivity contribution in [2.24, 2.45) is 4.99 Å². The Morgan fingerprint density at radius 2 is 1.60 bits per heavy atom. The highest BCUT2D eigenvalue weighted by atomic mass is 16.5. The van der Waals surface area contributed by atoms with Crippen LogP contribution in [-0.4, -0.2) is 13.8 Å². The van der Waals surface area contributed by atoms with Crippen molar-refractivity contribution in [3.05, 3.63) is 96.1 Å². The lowest BCUT2D eigenvalue weighted by atomic mass is 10.0. The first-order chi connectivity index (χ1) is 12.3. The molecule has 124 valence electrons. The number of aliphatic imine (C=N–C) groups is 1. The van der Waals surface area contributed by atoms with Gasteiger partial charge in [0.15, 0.2) is 0 Å². The number of hydrogen-bond donors (Lipinski definition) is 0. The highest BCUT2D eigenvalue weighted by Gasteiger charge is 2.06. The van der Waals surface area contributed by atoms with Gasteiger partial charge in [0.05, 0.1) is 12.8 Å². The van der Waals surface area contributed by atoms with Gasteiger partial charge >= 0.3 is 0 Å². The molecule has 2 nitrogen and oxygen atoms in total. The smallest absolute Gasteiger partial charge is 0.126 e. The van der Waals surface area contributed by atoms with Gasteiger partial charge in [-0.05, 0) is 35.9 Å². The van der Waals surface area contributed by atoms with Crippen LogP contribution in [0.15, 0.2) is 89.9 Å². The number of nitrogens with zero attached hydrogens (tertiary/aromatic N) is 1. The summed E-state index contributed by atoms with van der Waals surface area (Å²) in [5, 5.41) is 0. The van der Waals surface area contributed by atoms with Crippen molar-refractivity contribution in [1.29, 1.82) is 0 Å². The Balaban J connectivity index is 1.84. The van der Waals surface area contributed by atoms with E-state index in [2.05, 4.69) is 60.3 Å². The third kappa shape index (κ3) is 4.04. The summed E-state index contributed by atoms with van der Waals surface area (Å²) in [6, 6.07) is 26.7. The maximum absolute atomic E-state index is 5.45. The molecule has 0 aromatic heterocycles. The van der Waals surface area contributed by atoms with Gasteiger partial charge in [-0.3, -0.25) is 4.99 Å². The summed E-state index contributed by atoms with van der Waals surface area (Å²) in [4.78, 5) is 4.20. The highest BCUT2D eigenvalue weighted by Crippen LogP contribution is 2.30. The number of methoxy groups -OCH3 is 1. The first-order valence-corrected chi connectivity index (χ1v) is 8.26. The average Bonchev–Trinajstić information content (AvgIpc) is 2.70. The van der Waals surface area contributed by atoms with Crippen LogP contribution in [0.1, 0.15) is 11.1 Å². The highest BCUT2D eigenvalue weighted by molar-refractivity contribution is 5.74. The predicted molar refractivity (Wildman–Crippen MR) is 106 cm³/mol. The molecule has 0 atom stereocenters. The normalized spacial score (nSPS) is 11.2. The number of benzene rings is 3. The lowest BCUT2D eigenvalue weighted by Gasteiger charge is -2.09. The molecule has 0 radical (unpaired) electrons. The van der Waals surface area contributed by atoms with Crippen LogP contribution in [-0.2, 0) is 6.42 Å². The van der Waals surface area contributed by atoms with Crippen molar-refractivity contribution in [3.8, 4) is 16.9 Å². The van der Waals surface area contributed by atoms with E-state index in [9.17, 15) is 0 Å². The molecule has 0 heterocycles. The van der Waals surface area contributed by atoms with E-state index >= 15 is 0 Å². The van der Waals surface area contributed by atoms with Crippen molar-refractivity contribution in [2.45, 2.75) is 6.42 Å². The van der Waals surface area contributed by atoms with Crippen LogP contribution in [0.3, 0.4) is 0 Å². The molecule has 0 unspecified atom stereocenters. The maximum Gasteiger partial charge on any atom is 0.126 e. The molecule has 25 heavy (non-hydrogen) atoms. The Hall–Kier alpha value is -3.13. The zero-order valence-electron chi connectivity index (χ0n) is 14.4. The monoisotopic (exact) mass is 327 g/mol. The van der Waals surface area contributed by atoms with Crippen molar-refractivity contribution in [1.82, 2.24) is 0 Å². The van der Waals surface area contributed by atoms with Crippen molar-refractivity contribution in [3.63, 3.8) is 0 Å². The minimum absolute atomic E-state index is 0.837. The van der Waals surface area contributed by atoms with Crippen LogP contribution in [0, 0.1) is 0 Å². The summed E-state index contributed by atoms with van der Waals surface area (Å²) in [5.74, 6) is 0.872. The van der Waals surface area contributed by atoms with Gasteiger partial charge in [-0.15, -0.1) is 0 Å². The molecule has 2 heteroatoms. The zero-order chi connectivity index (χ0) is 17.5. The van der Waals surface area contributed by atoms with E-state index in [0.717, 1.165) is 34.6 Å². The Morgan fingerprint density at radius 3 is 2.28 bits per heavy atom. The first kappa shape index (κ1) is 16.7. The average molecular weight is 327 g/mol. The molecule has 0 bridgehead atoms. The van der Waals surface area contributed by atoms with Gasteiger partial charge < -0.3 is 4.74 Å². The van der Waals surface area contributed by atoms with Crippen LogP contribution >= 0.6 is 0 Å². The van der Waals surface area contributed by atoms with Crippen molar-refractivity contribution in [2.75, 3.05) is 7.11 Å². The molecule has 0 aliphatic heterocycles. The van der Waals surface area contributed by atoms with Crippen LogP contribution in [0.5, 0.6) is 5.75 Å². The summed E-state index contributed by atoms with van der Waals surface area (Å²) < 4.78 is 5.45. The Labute approximate surface area is 149 Å². The molecule has 0 amide bonds. The summed E-state index contributed by atoms with van der Waals surface area (Å²) in [7, 11) is 1.69. The third-order valence-corrected chi connectivity index (χ3v) is 4.14. The van der Waals surface area contributed by atoms with E-state index in [1.807, 2.05) is 36.4 Å². The minimum atomic E-state index is 0.837.